The first kappa shape index (κ1) is 19.2. The second-order valence-electron chi connectivity index (χ2n) is 5.48. The fraction of sp³-hybridized carbons (Fsp3) is 0.857. The van der Waals surface area contributed by atoms with Gasteiger partial charge in [-0.3, -0.25) is 9.59 Å². The molecule has 1 rings (SSSR count). The molecule has 2 amide bonds. The van der Waals surface area contributed by atoms with Crippen molar-refractivity contribution >= 4 is 24.2 Å². The summed E-state index contributed by atoms with van der Waals surface area (Å²) in [6.07, 6.45) is 3.41. The molecule has 1 heterocycles. The van der Waals surface area contributed by atoms with Crippen LogP contribution in [0.2, 0.25) is 0 Å². The van der Waals surface area contributed by atoms with Crippen molar-refractivity contribution in [2.45, 2.75) is 52.5 Å². The minimum Gasteiger partial charge on any atom is -0.352 e. The predicted molar refractivity (Wildman–Crippen MR) is 82.7 cm³/mol. The maximum absolute atomic E-state index is 12.7. The van der Waals surface area contributed by atoms with Gasteiger partial charge in [0.15, 0.2) is 0 Å². The van der Waals surface area contributed by atoms with Crippen molar-refractivity contribution in [1.29, 1.82) is 0 Å². The highest BCUT2D eigenvalue weighted by molar-refractivity contribution is 5.85. The van der Waals surface area contributed by atoms with E-state index in [1.807, 2.05) is 18.7 Å². The summed E-state index contributed by atoms with van der Waals surface area (Å²) in [5.74, 6) is 0.116. The van der Waals surface area contributed by atoms with Crippen molar-refractivity contribution in [2.24, 2.45) is 11.1 Å². The Kier molecular flexibility index (Phi) is 8.13. The Morgan fingerprint density at radius 2 is 1.95 bits per heavy atom. The lowest BCUT2D eigenvalue weighted by Gasteiger charge is -2.39. The van der Waals surface area contributed by atoms with Crippen LogP contribution in [0.1, 0.15) is 46.5 Å². The molecule has 0 spiro atoms. The van der Waals surface area contributed by atoms with E-state index in [-0.39, 0.29) is 30.3 Å². The molecule has 0 aromatic carbocycles. The van der Waals surface area contributed by atoms with Gasteiger partial charge in [0, 0.05) is 32.6 Å². The predicted octanol–water partition coefficient (Wildman–Crippen LogP) is 1.30. The number of nitrogens with two attached hydrogens (primary N) is 1. The molecule has 6 heteroatoms. The second-order valence-corrected chi connectivity index (χ2v) is 5.48. The van der Waals surface area contributed by atoms with Crippen molar-refractivity contribution in [1.82, 2.24) is 10.2 Å². The third-order valence-electron chi connectivity index (χ3n) is 4.31. The quantitative estimate of drug-likeness (QED) is 0.804. The largest absolute Gasteiger partial charge is 0.352 e. The Balaban J connectivity index is 0.00000361. The molecule has 1 aliphatic heterocycles. The van der Waals surface area contributed by atoms with Crippen LogP contribution in [0.25, 0.3) is 0 Å². The van der Waals surface area contributed by atoms with Crippen molar-refractivity contribution in [2.75, 3.05) is 19.6 Å². The first-order valence-electron chi connectivity index (χ1n) is 7.25. The van der Waals surface area contributed by atoms with Crippen LogP contribution in [0, 0.1) is 5.41 Å². The number of piperidine rings is 1. The Labute approximate surface area is 128 Å². The minimum atomic E-state index is -0.432. The number of hydrogen-bond donors (Lipinski definition) is 2. The third-order valence-corrected chi connectivity index (χ3v) is 4.31. The maximum Gasteiger partial charge on any atom is 0.230 e. The number of halogens is 1. The first-order valence-corrected chi connectivity index (χ1v) is 7.25. The molecule has 1 saturated heterocycles. The normalized spacial score (nSPS) is 19.2. The van der Waals surface area contributed by atoms with Crippen LogP contribution in [-0.2, 0) is 9.59 Å². The highest BCUT2D eigenvalue weighted by Crippen LogP contribution is 2.29. The molecule has 1 aliphatic rings. The molecule has 3 N–H and O–H groups in total. The van der Waals surface area contributed by atoms with E-state index < -0.39 is 5.41 Å². The van der Waals surface area contributed by atoms with Crippen molar-refractivity contribution in [3.05, 3.63) is 0 Å². The van der Waals surface area contributed by atoms with E-state index in [1.54, 1.807) is 0 Å². The van der Waals surface area contributed by atoms with E-state index in [1.165, 1.54) is 6.92 Å². The molecule has 0 aromatic rings. The lowest BCUT2D eigenvalue weighted by atomic mass is 9.80. The van der Waals surface area contributed by atoms with Gasteiger partial charge in [-0.1, -0.05) is 13.8 Å². The fourth-order valence-electron chi connectivity index (χ4n) is 2.83. The van der Waals surface area contributed by atoms with Crippen LogP contribution in [-0.4, -0.2) is 42.4 Å². The highest BCUT2D eigenvalue weighted by atomic mass is 35.5. The number of likely N-dealkylation sites (tertiary alicyclic amines) is 1. The number of carbonyl (C=O) groups is 2. The number of nitrogens with one attached hydrogen (secondary N) is 1. The molecule has 0 saturated carbocycles. The Morgan fingerprint density at radius 1 is 1.35 bits per heavy atom. The lowest BCUT2D eigenvalue weighted by Crippen LogP contribution is -2.54. The minimum absolute atomic E-state index is 0. The number of hydrogen-bond acceptors (Lipinski definition) is 3. The van der Waals surface area contributed by atoms with Gasteiger partial charge in [-0.25, -0.2) is 0 Å². The van der Waals surface area contributed by atoms with E-state index >= 15 is 0 Å². The zero-order valence-electron chi connectivity index (χ0n) is 12.8. The molecule has 0 aliphatic carbocycles. The monoisotopic (exact) mass is 305 g/mol. The van der Waals surface area contributed by atoms with E-state index in [9.17, 15) is 9.59 Å². The molecule has 1 atom stereocenters. The standard InChI is InChI=1S/C14H27N3O2.ClH/c1-4-14(5-2,10-15)13(19)17-8-6-7-12(9-17)16-11(3)18;/h12H,4-10,15H2,1-3H3,(H,16,18);1H. The lowest BCUT2D eigenvalue weighted by molar-refractivity contribution is -0.144. The van der Waals surface area contributed by atoms with Gasteiger partial charge >= 0.3 is 0 Å². The summed E-state index contributed by atoms with van der Waals surface area (Å²) in [5, 5.41) is 2.91. The molecule has 0 bridgehead atoms. The van der Waals surface area contributed by atoms with Gasteiger partial charge in [0.2, 0.25) is 11.8 Å². The topological polar surface area (TPSA) is 75.4 Å². The van der Waals surface area contributed by atoms with E-state index in [2.05, 4.69) is 5.32 Å². The molecule has 1 unspecified atom stereocenters. The SMILES string of the molecule is CCC(CC)(CN)C(=O)N1CCCC(NC(C)=O)C1.Cl. The van der Waals surface area contributed by atoms with Crippen LogP contribution >= 0.6 is 12.4 Å². The number of rotatable bonds is 5. The van der Waals surface area contributed by atoms with Crippen LogP contribution in [0.15, 0.2) is 0 Å². The van der Waals surface area contributed by atoms with Gasteiger partial charge in [0.05, 0.1) is 5.41 Å². The molecule has 1 fully saturated rings. The third kappa shape index (κ3) is 4.35. The summed E-state index contributed by atoms with van der Waals surface area (Å²) in [5.41, 5.74) is 5.40. The highest BCUT2D eigenvalue weighted by Gasteiger charge is 2.38. The first-order chi connectivity index (χ1) is 8.99. The average molecular weight is 306 g/mol. The van der Waals surface area contributed by atoms with E-state index in [0.29, 0.717) is 13.1 Å². The number of carbonyl (C=O) groups excluding carboxylic acids is 2. The van der Waals surface area contributed by atoms with Gasteiger partial charge in [0.25, 0.3) is 0 Å². The van der Waals surface area contributed by atoms with Gasteiger partial charge in [0.1, 0.15) is 0 Å². The summed E-state index contributed by atoms with van der Waals surface area (Å²) in [7, 11) is 0. The summed E-state index contributed by atoms with van der Waals surface area (Å²) in [6, 6.07) is 0.0828. The van der Waals surface area contributed by atoms with Crippen molar-refractivity contribution in [3.8, 4) is 0 Å². The van der Waals surface area contributed by atoms with Crippen LogP contribution in [0.5, 0.6) is 0 Å². The molecular formula is C14H28ClN3O2. The van der Waals surface area contributed by atoms with Crippen molar-refractivity contribution in [3.63, 3.8) is 0 Å². The number of nitrogens with zero attached hydrogens (tertiary/aromatic N) is 1. The van der Waals surface area contributed by atoms with Crippen LogP contribution in [0.3, 0.4) is 0 Å². The summed E-state index contributed by atoms with van der Waals surface area (Å²) >= 11 is 0. The van der Waals surface area contributed by atoms with E-state index in [0.717, 1.165) is 32.2 Å². The zero-order chi connectivity index (χ0) is 14.5. The molecule has 118 valence electrons. The molecule has 20 heavy (non-hydrogen) atoms. The second kappa shape index (κ2) is 8.47. The van der Waals surface area contributed by atoms with Gasteiger partial charge < -0.3 is 16.0 Å². The summed E-state index contributed by atoms with van der Waals surface area (Å²) in [4.78, 5) is 25.7. The smallest absolute Gasteiger partial charge is 0.230 e. The number of amides is 2. The molecule has 5 nitrogen and oxygen atoms in total. The van der Waals surface area contributed by atoms with Gasteiger partial charge in [-0.15, -0.1) is 12.4 Å². The Morgan fingerprint density at radius 3 is 2.40 bits per heavy atom. The summed E-state index contributed by atoms with van der Waals surface area (Å²) < 4.78 is 0. The Hall–Kier alpha value is -0.810. The van der Waals surface area contributed by atoms with E-state index in [4.69, 9.17) is 5.73 Å². The zero-order valence-corrected chi connectivity index (χ0v) is 13.6. The van der Waals surface area contributed by atoms with Gasteiger partial charge in [-0.2, -0.15) is 0 Å². The van der Waals surface area contributed by atoms with Crippen molar-refractivity contribution < 1.29 is 9.59 Å². The molecule has 0 aromatic heterocycles. The molecule has 0 radical (unpaired) electrons. The summed E-state index contributed by atoms with van der Waals surface area (Å²) in [6.45, 7) is 7.33. The molecular weight excluding hydrogens is 278 g/mol. The van der Waals surface area contributed by atoms with Crippen LogP contribution in [0.4, 0.5) is 0 Å². The Bertz CT molecular complexity index is 324. The average Bonchev–Trinajstić information content (AvgIpc) is 2.40. The maximum atomic E-state index is 12.7. The van der Waals surface area contributed by atoms with Gasteiger partial charge in [-0.05, 0) is 25.7 Å². The van der Waals surface area contributed by atoms with Crippen LogP contribution < -0.4 is 11.1 Å². The fourth-order valence-corrected chi connectivity index (χ4v) is 2.83.